The molecule has 20 heavy (non-hydrogen) atoms. The van der Waals surface area contributed by atoms with Crippen molar-refractivity contribution >= 4 is 0 Å². The van der Waals surface area contributed by atoms with Gasteiger partial charge in [-0.05, 0) is 44.0 Å². The normalized spacial score (nSPS) is 33.8. The first-order chi connectivity index (χ1) is 9.61. The van der Waals surface area contributed by atoms with E-state index in [2.05, 4.69) is 51.3 Å². The van der Waals surface area contributed by atoms with Crippen LogP contribution in [0.25, 0.3) is 0 Å². The second-order valence-electron chi connectivity index (χ2n) is 6.21. The Labute approximate surface area is 121 Å². The molecule has 5 atom stereocenters. The van der Waals surface area contributed by atoms with E-state index < -0.39 is 0 Å². The largest absolute Gasteiger partial charge is 0.493 e. The van der Waals surface area contributed by atoms with Crippen molar-refractivity contribution in [3.8, 4) is 5.75 Å². The number of ether oxygens (including phenoxy) is 2. The van der Waals surface area contributed by atoms with Crippen molar-refractivity contribution in [1.82, 2.24) is 5.32 Å². The molecule has 3 nitrogen and oxygen atoms in total. The van der Waals surface area contributed by atoms with Crippen molar-refractivity contribution in [1.29, 1.82) is 0 Å². The molecule has 2 heterocycles. The third-order valence-electron chi connectivity index (χ3n) is 5.09. The number of hydrogen-bond donors (Lipinski definition) is 1. The van der Waals surface area contributed by atoms with Crippen LogP contribution in [0.3, 0.4) is 0 Å². The molecule has 5 unspecified atom stereocenters. The average Bonchev–Trinajstić information content (AvgIpc) is 2.99. The number of hydrogen-bond acceptors (Lipinski definition) is 3. The molecule has 0 bridgehead atoms. The number of benzene rings is 1. The molecule has 1 fully saturated rings. The molecular weight excluding hydrogens is 250 g/mol. The second kappa shape index (κ2) is 5.38. The van der Waals surface area contributed by atoms with Gasteiger partial charge in [0.2, 0.25) is 0 Å². The van der Waals surface area contributed by atoms with E-state index in [1.54, 1.807) is 0 Å². The Kier molecular flexibility index (Phi) is 3.74. The Morgan fingerprint density at radius 2 is 2.00 bits per heavy atom. The van der Waals surface area contributed by atoms with Gasteiger partial charge in [-0.15, -0.1) is 0 Å². The third kappa shape index (κ3) is 2.23. The Morgan fingerprint density at radius 1 is 1.20 bits per heavy atom. The summed E-state index contributed by atoms with van der Waals surface area (Å²) in [5.74, 6) is 2.13. The molecule has 0 saturated carbocycles. The van der Waals surface area contributed by atoms with Crippen molar-refractivity contribution in [3.05, 3.63) is 29.3 Å². The summed E-state index contributed by atoms with van der Waals surface area (Å²) in [5, 5.41) is 3.51. The van der Waals surface area contributed by atoms with Crippen molar-refractivity contribution in [2.45, 2.75) is 45.4 Å². The molecule has 0 aliphatic carbocycles. The highest BCUT2D eigenvalue weighted by Gasteiger charge is 2.41. The van der Waals surface area contributed by atoms with Crippen LogP contribution in [0.15, 0.2) is 18.2 Å². The first-order valence-electron chi connectivity index (χ1n) is 7.70. The molecular formula is C17H25NO2. The lowest BCUT2D eigenvalue weighted by molar-refractivity contribution is 0.0478. The standard InChI is InChI=1S/C17H25NO2/c1-10-11(2)20-12(3)16(10)17(18-4)14-5-6-15-13(9-14)7-8-19-15/h5-6,9-12,16-18H,7-8H2,1-4H3. The Bertz CT molecular complexity index is 488. The maximum Gasteiger partial charge on any atom is 0.122 e. The Balaban J connectivity index is 1.90. The molecule has 2 aliphatic rings. The van der Waals surface area contributed by atoms with Crippen LogP contribution in [0.4, 0.5) is 0 Å². The second-order valence-corrected chi connectivity index (χ2v) is 6.21. The molecule has 3 rings (SSSR count). The van der Waals surface area contributed by atoms with Gasteiger partial charge in [-0.1, -0.05) is 19.1 Å². The van der Waals surface area contributed by atoms with Crippen molar-refractivity contribution < 1.29 is 9.47 Å². The van der Waals surface area contributed by atoms with Crippen LogP contribution in [0.5, 0.6) is 5.75 Å². The van der Waals surface area contributed by atoms with E-state index >= 15 is 0 Å². The van der Waals surface area contributed by atoms with Crippen LogP contribution in [0, 0.1) is 11.8 Å². The van der Waals surface area contributed by atoms with E-state index in [1.165, 1.54) is 11.1 Å². The molecule has 1 N–H and O–H groups in total. The maximum atomic E-state index is 6.02. The lowest BCUT2D eigenvalue weighted by Gasteiger charge is -2.29. The van der Waals surface area contributed by atoms with Crippen molar-refractivity contribution in [2.24, 2.45) is 11.8 Å². The zero-order chi connectivity index (χ0) is 14.3. The molecule has 0 radical (unpaired) electrons. The lowest BCUT2D eigenvalue weighted by atomic mass is 9.80. The minimum Gasteiger partial charge on any atom is -0.493 e. The summed E-state index contributed by atoms with van der Waals surface area (Å²) >= 11 is 0. The molecule has 1 aromatic rings. The fourth-order valence-corrected chi connectivity index (χ4v) is 3.85. The molecule has 0 spiro atoms. The SMILES string of the molecule is CNC(c1ccc2c(c1)CCO2)C1C(C)OC(C)C1C. The van der Waals surface area contributed by atoms with Crippen LogP contribution in [0.2, 0.25) is 0 Å². The summed E-state index contributed by atoms with van der Waals surface area (Å²) in [5.41, 5.74) is 2.70. The minimum absolute atomic E-state index is 0.293. The van der Waals surface area contributed by atoms with Gasteiger partial charge >= 0.3 is 0 Å². The monoisotopic (exact) mass is 275 g/mol. The summed E-state index contributed by atoms with van der Waals surface area (Å²) < 4.78 is 11.6. The van der Waals surface area contributed by atoms with Gasteiger partial charge in [-0.2, -0.15) is 0 Å². The summed E-state index contributed by atoms with van der Waals surface area (Å²) in [7, 11) is 2.05. The zero-order valence-corrected chi connectivity index (χ0v) is 12.8. The van der Waals surface area contributed by atoms with Gasteiger partial charge in [0, 0.05) is 18.4 Å². The van der Waals surface area contributed by atoms with Crippen LogP contribution in [0.1, 0.15) is 37.9 Å². The summed E-state index contributed by atoms with van der Waals surface area (Å²) in [4.78, 5) is 0. The molecule has 0 amide bonds. The first kappa shape index (κ1) is 13.9. The van der Waals surface area contributed by atoms with Crippen molar-refractivity contribution in [2.75, 3.05) is 13.7 Å². The van der Waals surface area contributed by atoms with E-state index in [0.29, 0.717) is 30.1 Å². The predicted octanol–water partition coefficient (Wildman–Crippen LogP) is 2.94. The molecule has 2 aliphatic heterocycles. The van der Waals surface area contributed by atoms with E-state index in [0.717, 1.165) is 18.8 Å². The average molecular weight is 275 g/mol. The van der Waals surface area contributed by atoms with E-state index in [9.17, 15) is 0 Å². The quantitative estimate of drug-likeness (QED) is 0.920. The smallest absolute Gasteiger partial charge is 0.122 e. The van der Waals surface area contributed by atoms with Gasteiger partial charge in [-0.25, -0.2) is 0 Å². The molecule has 1 saturated heterocycles. The van der Waals surface area contributed by atoms with Crippen LogP contribution >= 0.6 is 0 Å². The number of fused-ring (bicyclic) bond motifs is 1. The highest BCUT2D eigenvalue weighted by atomic mass is 16.5. The van der Waals surface area contributed by atoms with E-state index in [1.807, 2.05) is 0 Å². The van der Waals surface area contributed by atoms with Crippen LogP contribution < -0.4 is 10.1 Å². The number of nitrogens with one attached hydrogen (secondary N) is 1. The van der Waals surface area contributed by atoms with E-state index in [-0.39, 0.29) is 0 Å². The van der Waals surface area contributed by atoms with Crippen LogP contribution in [-0.2, 0) is 11.2 Å². The molecule has 0 aromatic heterocycles. The highest BCUT2D eigenvalue weighted by molar-refractivity contribution is 5.41. The fourth-order valence-electron chi connectivity index (χ4n) is 3.85. The Hall–Kier alpha value is -1.06. The summed E-state index contributed by atoms with van der Waals surface area (Å²) in [6.45, 7) is 7.51. The maximum absolute atomic E-state index is 6.02. The third-order valence-corrected chi connectivity index (χ3v) is 5.09. The van der Waals surface area contributed by atoms with Gasteiger partial charge in [0.1, 0.15) is 5.75 Å². The molecule has 3 heteroatoms. The highest BCUT2D eigenvalue weighted by Crippen LogP contribution is 2.41. The van der Waals surface area contributed by atoms with Crippen LogP contribution in [-0.4, -0.2) is 25.9 Å². The van der Waals surface area contributed by atoms with Gasteiger partial charge in [0.15, 0.2) is 0 Å². The number of rotatable bonds is 3. The van der Waals surface area contributed by atoms with Gasteiger partial charge in [0.25, 0.3) is 0 Å². The first-order valence-corrected chi connectivity index (χ1v) is 7.70. The van der Waals surface area contributed by atoms with Crippen molar-refractivity contribution in [3.63, 3.8) is 0 Å². The Morgan fingerprint density at radius 3 is 2.65 bits per heavy atom. The molecule has 1 aromatic carbocycles. The van der Waals surface area contributed by atoms with Gasteiger partial charge < -0.3 is 14.8 Å². The zero-order valence-electron chi connectivity index (χ0n) is 12.8. The molecule has 110 valence electrons. The minimum atomic E-state index is 0.293. The topological polar surface area (TPSA) is 30.5 Å². The van der Waals surface area contributed by atoms with Gasteiger partial charge in [0.05, 0.1) is 18.8 Å². The fraction of sp³-hybridized carbons (Fsp3) is 0.647. The summed E-state index contributed by atoms with van der Waals surface area (Å²) in [6, 6.07) is 6.98. The predicted molar refractivity (Wildman–Crippen MR) is 80.1 cm³/mol. The summed E-state index contributed by atoms with van der Waals surface area (Å²) in [6.07, 6.45) is 1.66. The lowest BCUT2D eigenvalue weighted by Crippen LogP contribution is -2.33. The van der Waals surface area contributed by atoms with Gasteiger partial charge in [-0.3, -0.25) is 0 Å². The van der Waals surface area contributed by atoms with E-state index in [4.69, 9.17) is 9.47 Å².